The first-order chi connectivity index (χ1) is 6.60. The van der Waals surface area contributed by atoms with Gasteiger partial charge in [-0.2, -0.15) is 0 Å². The Balaban J connectivity index is 4.00. The molecular weight excluding hydrogens is 199 g/mol. The summed E-state index contributed by atoms with van der Waals surface area (Å²) in [5.74, 6) is 0. The molecule has 0 N–H and O–H groups in total. The second-order valence-electron chi connectivity index (χ2n) is 2.62. The molecule has 0 bridgehead atoms. The van der Waals surface area contributed by atoms with Gasteiger partial charge in [0.25, 0.3) is 0 Å². The van der Waals surface area contributed by atoms with Crippen molar-refractivity contribution in [3.05, 3.63) is 49.0 Å². The fourth-order valence-electron chi connectivity index (χ4n) is 0.406. The van der Waals surface area contributed by atoms with Gasteiger partial charge in [-0.25, -0.2) is 4.57 Å². The lowest BCUT2D eigenvalue weighted by Crippen LogP contribution is -1.74. The molecule has 0 saturated carbocycles. The molecule has 0 spiro atoms. The molecule has 0 amide bonds. The van der Waals surface area contributed by atoms with Crippen molar-refractivity contribution in [2.24, 2.45) is 0 Å². The van der Waals surface area contributed by atoms with Gasteiger partial charge in [-0.1, -0.05) is 25.3 Å². The number of rotatable bonds is 6. The van der Waals surface area contributed by atoms with Crippen molar-refractivity contribution in [1.82, 2.24) is 0 Å². The molecule has 14 heavy (non-hydrogen) atoms. The van der Waals surface area contributed by atoms with Crippen molar-refractivity contribution in [1.29, 1.82) is 0 Å². The highest BCUT2D eigenvalue weighted by atomic mass is 31.1. The summed E-state index contributed by atoms with van der Waals surface area (Å²) in [6.07, 6.45) is 5.90. The summed E-state index contributed by atoms with van der Waals surface area (Å²) in [6, 6.07) is 0. The molecule has 0 fully saturated rings. The Morgan fingerprint density at radius 3 is 1.71 bits per heavy atom. The molecule has 0 saturated heterocycles. The number of allylic oxidation sites excluding steroid dienone is 4. The fourth-order valence-corrected chi connectivity index (χ4v) is 1.03. The molecule has 0 aliphatic rings. The Morgan fingerprint density at radius 1 is 1.07 bits per heavy atom. The van der Waals surface area contributed by atoms with E-state index in [-0.39, 0.29) is 0 Å². The Labute approximate surface area is 85.4 Å². The van der Waals surface area contributed by atoms with Gasteiger partial charge in [-0.3, -0.25) is 0 Å². The largest absolute Gasteiger partial charge is 0.426 e. The van der Waals surface area contributed by atoms with Crippen LogP contribution in [0.1, 0.15) is 13.8 Å². The third-order valence-electron chi connectivity index (χ3n) is 1.33. The molecule has 0 aliphatic heterocycles. The summed E-state index contributed by atoms with van der Waals surface area (Å²) in [6.45, 7) is 10.6. The standard InChI is InChI=1S/C10H15O3P/c1-5-9(3)7-12-14(11)13-8-10(4)6-2/h5-8,14H,1-2H2,3-4H3. The van der Waals surface area contributed by atoms with E-state index in [1.807, 2.05) is 0 Å². The van der Waals surface area contributed by atoms with Gasteiger partial charge in [0, 0.05) is 0 Å². The maximum Gasteiger partial charge on any atom is 0.417 e. The van der Waals surface area contributed by atoms with Crippen LogP contribution in [-0.2, 0) is 13.6 Å². The molecular formula is C10H15O3P. The molecule has 0 atom stereocenters. The first-order valence-electron chi connectivity index (χ1n) is 4.05. The smallest absolute Gasteiger partial charge is 0.417 e. The molecule has 78 valence electrons. The maximum atomic E-state index is 11.1. The quantitative estimate of drug-likeness (QED) is 0.385. The Hall–Kier alpha value is -1.21. The first kappa shape index (κ1) is 12.8. The van der Waals surface area contributed by atoms with E-state index in [0.29, 0.717) is 0 Å². The van der Waals surface area contributed by atoms with Crippen LogP contribution in [0.15, 0.2) is 49.0 Å². The predicted molar refractivity (Wildman–Crippen MR) is 59.1 cm³/mol. The zero-order valence-corrected chi connectivity index (χ0v) is 9.45. The van der Waals surface area contributed by atoms with Crippen LogP contribution in [0.4, 0.5) is 0 Å². The molecule has 0 rings (SSSR count). The van der Waals surface area contributed by atoms with E-state index in [1.165, 1.54) is 12.5 Å². The Bertz CT molecular complexity index is 262. The van der Waals surface area contributed by atoms with Gasteiger partial charge in [0.1, 0.15) is 0 Å². The van der Waals surface area contributed by atoms with Crippen LogP contribution in [0.3, 0.4) is 0 Å². The molecule has 0 aromatic heterocycles. The van der Waals surface area contributed by atoms with Crippen molar-refractivity contribution in [2.75, 3.05) is 0 Å². The van der Waals surface area contributed by atoms with Crippen LogP contribution in [0.25, 0.3) is 0 Å². The molecule has 0 aliphatic carbocycles. The average molecular weight is 214 g/mol. The van der Waals surface area contributed by atoms with Crippen molar-refractivity contribution >= 4 is 8.25 Å². The Kier molecular flexibility index (Phi) is 6.59. The van der Waals surface area contributed by atoms with Crippen LogP contribution >= 0.6 is 8.25 Å². The lowest BCUT2D eigenvalue weighted by atomic mass is 10.3. The maximum absolute atomic E-state index is 11.1. The van der Waals surface area contributed by atoms with Gasteiger partial charge in [-0.05, 0) is 25.0 Å². The highest BCUT2D eigenvalue weighted by Gasteiger charge is 1.94. The van der Waals surface area contributed by atoms with E-state index in [1.54, 1.807) is 26.0 Å². The van der Waals surface area contributed by atoms with Gasteiger partial charge < -0.3 is 9.05 Å². The molecule has 0 radical (unpaired) electrons. The van der Waals surface area contributed by atoms with Crippen LogP contribution in [-0.4, -0.2) is 0 Å². The topological polar surface area (TPSA) is 35.5 Å². The molecule has 0 aromatic rings. The molecule has 0 unspecified atom stereocenters. The van der Waals surface area contributed by atoms with Gasteiger partial charge in [-0.15, -0.1) is 0 Å². The summed E-state index contributed by atoms with van der Waals surface area (Å²) in [5.41, 5.74) is 1.58. The van der Waals surface area contributed by atoms with Crippen molar-refractivity contribution in [3.8, 4) is 0 Å². The summed E-state index contributed by atoms with van der Waals surface area (Å²) in [5, 5.41) is 0. The minimum Gasteiger partial charge on any atom is -0.426 e. The fraction of sp³-hybridized carbons (Fsp3) is 0.200. The second kappa shape index (κ2) is 7.22. The van der Waals surface area contributed by atoms with Gasteiger partial charge in [0.05, 0.1) is 12.5 Å². The second-order valence-corrected chi connectivity index (χ2v) is 3.59. The van der Waals surface area contributed by atoms with E-state index in [2.05, 4.69) is 13.2 Å². The molecule has 4 heteroatoms. The minimum atomic E-state index is -2.50. The highest BCUT2D eigenvalue weighted by molar-refractivity contribution is 7.33. The van der Waals surface area contributed by atoms with E-state index < -0.39 is 8.25 Å². The third-order valence-corrected chi connectivity index (χ3v) is 1.95. The van der Waals surface area contributed by atoms with Crippen molar-refractivity contribution in [2.45, 2.75) is 13.8 Å². The van der Waals surface area contributed by atoms with Gasteiger partial charge in [0.15, 0.2) is 0 Å². The zero-order valence-electron chi connectivity index (χ0n) is 8.45. The number of hydrogen-bond acceptors (Lipinski definition) is 3. The lowest BCUT2D eigenvalue weighted by Gasteiger charge is -2.01. The first-order valence-corrected chi connectivity index (χ1v) is 5.28. The van der Waals surface area contributed by atoms with E-state index >= 15 is 0 Å². The van der Waals surface area contributed by atoms with Crippen molar-refractivity contribution in [3.63, 3.8) is 0 Å². The lowest BCUT2D eigenvalue weighted by molar-refractivity contribution is 0.353. The van der Waals surface area contributed by atoms with E-state index in [9.17, 15) is 4.57 Å². The molecule has 3 nitrogen and oxygen atoms in total. The minimum absolute atomic E-state index is 0.788. The zero-order chi connectivity index (χ0) is 11.0. The average Bonchev–Trinajstić information content (AvgIpc) is 2.22. The summed E-state index contributed by atoms with van der Waals surface area (Å²) in [7, 11) is -2.50. The van der Waals surface area contributed by atoms with Crippen LogP contribution in [0.5, 0.6) is 0 Å². The molecule has 0 heterocycles. The van der Waals surface area contributed by atoms with Gasteiger partial charge >= 0.3 is 8.25 Å². The number of hydrogen-bond donors (Lipinski definition) is 0. The Morgan fingerprint density at radius 2 is 1.43 bits per heavy atom. The summed E-state index contributed by atoms with van der Waals surface area (Å²) >= 11 is 0. The van der Waals surface area contributed by atoms with Crippen LogP contribution in [0.2, 0.25) is 0 Å². The monoisotopic (exact) mass is 214 g/mol. The van der Waals surface area contributed by atoms with Crippen LogP contribution in [0, 0.1) is 0 Å². The summed E-state index contributed by atoms with van der Waals surface area (Å²) in [4.78, 5) is 0. The van der Waals surface area contributed by atoms with Crippen LogP contribution < -0.4 is 0 Å². The van der Waals surface area contributed by atoms with E-state index in [4.69, 9.17) is 9.05 Å². The highest BCUT2D eigenvalue weighted by Crippen LogP contribution is 2.25. The predicted octanol–water partition coefficient (Wildman–Crippen LogP) is 3.59. The SMILES string of the molecule is C=CC(C)=CO[PH](=O)OC=C(C)C=C. The summed E-state index contributed by atoms with van der Waals surface area (Å²) < 4.78 is 20.7. The van der Waals surface area contributed by atoms with E-state index in [0.717, 1.165) is 11.1 Å². The normalized spacial score (nSPS) is 14.4. The van der Waals surface area contributed by atoms with Crippen molar-refractivity contribution < 1.29 is 13.6 Å². The van der Waals surface area contributed by atoms with Gasteiger partial charge in [0.2, 0.25) is 0 Å². The molecule has 0 aromatic carbocycles. The third kappa shape index (κ3) is 6.32.